The second-order valence-corrected chi connectivity index (χ2v) is 7.97. The van der Waals surface area contributed by atoms with Gasteiger partial charge in [-0.05, 0) is 19.3 Å². The van der Waals surface area contributed by atoms with E-state index in [1.807, 2.05) is 4.90 Å². The highest BCUT2D eigenvalue weighted by Gasteiger charge is 2.45. The topological polar surface area (TPSA) is 83.8 Å². The lowest BCUT2D eigenvalue weighted by Crippen LogP contribution is -2.49. The van der Waals surface area contributed by atoms with E-state index in [0.717, 1.165) is 44.6 Å². The molecule has 2 saturated heterocycles. The number of aryl methyl sites for hydroxylation is 1. The fraction of sp³-hybridized carbons (Fsp3) is 0.778. The molecule has 2 fully saturated rings. The molecule has 0 N–H and O–H groups in total. The van der Waals surface area contributed by atoms with Gasteiger partial charge in [-0.15, -0.1) is 10.2 Å². The summed E-state index contributed by atoms with van der Waals surface area (Å²) in [7, 11) is 3.58. The lowest BCUT2D eigenvalue weighted by Gasteiger charge is -2.41. The standard InChI is InChI=1S/C18H28N6O3/c1-21(2)15(25)13-22-7-5-18(6-8-22)4-3-14-19-20-16(24(14)18)17(26)23-9-11-27-12-10-23/h3-13H2,1-2H3. The van der Waals surface area contributed by atoms with Crippen molar-refractivity contribution < 1.29 is 14.3 Å². The number of carbonyl (C=O) groups excluding carboxylic acids is 2. The molecule has 4 heterocycles. The van der Waals surface area contributed by atoms with Gasteiger partial charge in [0.15, 0.2) is 0 Å². The third-order valence-corrected chi connectivity index (χ3v) is 6.15. The number of amides is 2. The minimum atomic E-state index is -0.0895. The summed E-state index contributed by atoms with van der Waals surface area (Å²) in [6.45, 7) is 4.52. The van der Waals surface area contributed by atoms with Crippen LogP contribution in [0.1, 0.15) is 35.7 Å². The maximum atomic E-state index is 13.0. The van der Waals surface area contributed by atoms with Crippen LogP contribution in [0.25, 0.3) is 0 Å². The Morgan fingerprint density at radius 1 is 1.07 bits per heavy atom. The lowest BCUT2D eigenvalue weighted by molar-refractivity contribution is -0.130. The van der Waals surface area contributed by atoms with Gasteiger partial charge in [0.2, 0.25) is 11.7 Å². The molecule has 0 aromatic carbocycles. The van der Waals surface area contributed by atoms with Crippen LogP contribution in [0.3, 0.4) is 0 Å². The number of fused-ring (bicyclic) bond motifs is 2. The molecule has 148 valence electrons. The van der Waals surface area contributed by atoms with Gasteiger partial charge in [-0.1, -0.05) is 0 Å². The van der Waals surface area contributed by atoms with Gasteiger partial charge in [0.1, 0.15) is 5.82 Å². The molecule has 4 rings (SSSR count). The first kappa shape index (κ1) is 18.4. The van der Waals surface area contributed by atoms with Crippen LogP contribution >= 0.6 is 0 Å². The fourth-order valence-corrected chi connectivity index (χ4v) is 4.41. The number of hydrogen-bond donors (Lipinski definition) is 0. The molecule has 1 spiro atoms. The van der Waals surface area contributed by atoms with E-state index in [4.69, 9.17) is 4.74 Å². The van der Waals surface area contributed by atoms with Gasteiger partial charge in [0.05, 0.1) is 25.3 Å². The van der Waals surface area contributed by atoms with E-state index in [2.05, 4.69) is 19.7 Å². The van der Waals surface area contributed by atoms with Crippen molar-refractivity contribution in [1.82, 2.24) is 29.5 Å². The predicted molar refractivity (Wildman–Crippen MR) is 97.4 cm³/mol. The van der Waals surface area contributed by atoms with Crippen molar-refractivity contribution in [2.45, 2.75) is 31.2 Å². The van der Waals surface area contributed by atoms with Crippen molar-refractivity contribution in [3.63, 3.8) is 0 Å². The van der Waals surface area contributed by atoms with E-state index in [9.17, 15) is 9.59 Å². The van der Waals surface area contributed by atoms with E-state index < -0.39 is 0 Å². The van der Waals surface area contributed by atoms with E-state index in [0.29, 0.717) is 38.7 Å². The quantitative estimate of drug-likeness (QED) is 0.712. The molecule has 3 aliphatic heterocycles. The Balaban J connectivity index is 1.50. The van der Waals surface area contributed by atoms with Gasteiger partial charge in [0, 0.05) is 46.7 Å². The summed E-state index contributed by atoms with van der Waals surface area (Å²) in [6.07, 6.45) is 3.70. The highest BCUT2D eigenvalue weighted by Crippen LogP contribution is 2.41. The van der Waals surface area contributed by atoms with Gasteiger partial charge in [-0.25, -0.2) is 0 Å². The molecule has 2 amide bonds. The average molecular weight is 376 g/mol. The molecule has 0 unspecified atom stereocenters. The molecule has 0 bridgehead atoms. The Hall–Kier alpha value is -2.00. The Labute approximate surface area is 159 Å². The molecule has 9 nitrogen and oxygen atoms in total. The molecule has 0 saturated carbocycles. The van der Waals surface area contributed by atoms with Crippen LogP contribution in [0.15, 0.2) is 0 Å². The third-order valence-electron chi connectivity index (χ3n) is 6.15. The van der Waals surface area contributed by atoms with E-state index in [1.165, 1.54) is 0 Å². The highest BCUT2D eigenvalue weighted by atomic mass is 16.5. The summed E-state index contributed by atoms with van der Waals surface area (Å²) < 4.78 is 7.48. The van der Waals surface area contributed by atoms with Gasteiger partial charge in [-0.3, -0.25) is 14.5 Å². The van der Waals surface area contributed by atoms with E-state index >= 15 is 0 Å². The lowest BCUT2D eigenvalue weighted by atomic mass is 9.85. The molecule has 3 aliphatic rings. The van der Waals surface area contributed by atoms with Crippen LogP contribution in [0.5, 0.6) is 0 Å². The van der Waals surface area contributed by atoms with Gasteiger partial charge in [0.25, 0.3) is 5.91 Å². The summed E-state index contributed by atoms with van der Waals surface area (Å²) in [5, 5.41) is 8.57. The molecule has 0 radical (unpaired) electrons. The van der Waals surface area contributed by atoms with Crippen LogP contribution in [-0.4, -0.2) is 101 Å². The average Bonchev–Trinajstić information content (AvgIpc) is 3.26. The second-order valence-electron chi connectivity index (χ2n) is 7.97. The zero-order valence-corrected chi connectivity index (χ0v) is 16.2. The number of likely N-dealkylation sites (N-methyl/N-ethyl adjacent to an activating group) is 1. The molecule has 1 aromatic heterocycles. The zero-order chi connectivity index (χ0) is 19.0. The Kier molecular flexibility index (Phi) is 4.90. The summed E-state index contributed by atoms with van der Waals surface area (Å²) in [4.78, 5) is 30.7. The number of carbonyl (C=O) groups is 2. The molecule has 9 heteroatoms. The van der Waals surface area contributed by atoms with E-state index in [-0.39, 0.29) is 17.4 Å². The summed E-state index contributed by atoms with van der Waals surface area (Å²) >= 11 is 0. The van der Waals surface area contributed by atoms with Crippen molar-refractivity contribution in [2.75, 3.05) is 60.0 Å². The maximum absolute atomic E-state index is 13.0. The van der Waals surface area contributed by atoms with Crippen molar-refractivity contribution in [2.24, 2.45) is 0 Å². The molecular formula is C18H28N6O3. The smallest absolute Gasteiger partial charge is 0.291 e. The largest absolute Gasteiger partial charge is 0.378 e. The Morgan fingerprint density at radius 3 is 2.44 bits per heavy atom. The number of ether oxygens (including phenoxy) is 1. The van der Waals surface area contributed by atoms with Crippen molar-refractivity contribution in [3.8, 4) is 0 Å². The first-order valence-corrected chi connectivity index (χ1v) is 9.74. The van der Waals surface area contributed by atoms with Crippen molar-refractivity contribution in [3.05, 3.63) is 11.6 Å². The number of rotatable bonds is 3. The SMILES string of the molecule is CN(C)C(=O)CN1CCC2(CCc3nnc(C(=O)N4CCOCC4)n32)CC1. The normalized spacial score (nSPS) is 22.1. The summed E-state index contributed by atoms with van der Waals surface area (Å²) in [6, 6.07) is 0. The van der Waals surface area contributed by atoms with Crippen molar-refractivity contribution in [1.29, 1.82) is 0 Å². The molecular weight excluding hydrogens is 348 g/mol. The number of piperidine rings is 1. The van der Waals surface area contributed by atoms with Crippen LogP contribution in [-0.2, 0) is 21.5 Å². The Bertz CT molecular complexity index is 717. The Morgan fingerprint density at radius 2 is 1.78 bits per heavy atom. The molecule has 1 aromatic rings. The highest BCUT2D eigenvalue weighted by molar-refractivity contribution is 5.91. The van der Waals surface area contributed by atoms with E-state index in [1.54, 1.807) is 19.0 Å². The summed E-state index contributed by atoms with van der Waals surface area (Å²) in [5.74, 6) is 1.49. The zero-order valence-electron chi connectivity index (χ0n) is 16.2. The van der Waals surface area contributed by atoms with Gasteiger partial charge < -0.3 is 19.1 Å². The van der Waals surface area contributed by atoms with Crippen molar-refractivity contribution >= 4 is 11.8 Å². The number of morpholine rings is 1. The second kappa shape index (κ2) is 7.20. The number of nitrogens with zero attached hydrogens (tertiary/aromatic N) is 6. The van der Waals surface area contributed by atoms with Crippen LogP contribution in [0, 0.1) is 0 Å². The van der Waals surface area contributed by atoms with Gasteiger partial charge >= 0.3 is 0 Å². The number of aromatic nitrogens is 3. The van der Waals surface area contributed by atoms with Crippen LogP contribution in [0.4, 0.5) is 0 Å². The molecule has 27 heavy (non-hydrogen) atoms. The van der Waals surface area contributed by atoms with Crippen LogP contribution < -0.4 is 0 Å². The number of hydrogen-bond acceptors (Lipinski definition) is 6. The van der Waals surface area contributed by atoms with Gasteiger partial charge in [-0.2, -0.15) is 0 Å². The molecule has 0 atom stereocenters. The predicted octanol–water partition coefficient (Wildman–Crippen LogP) is -0.424. The number of likely N-dealkylation sites (tertiary alicyclic amines) is 1. The first-order chi connectivity index (χ1) is 13.0. The third kappa shape index (κ3) is 3.34. The monoisotopic (exact) mass is 376 g/mol. The summed E-state index contributed by atoms with van der Waals surface area (Å²) in [5.41, 5.74) is -0.0895. The minimum Gasteiger partial charge on any atom is -0.378 e. The fourth-order valence-electron chi connectivity index (χ4n) is 4.41. The minimum absolute atomic E-state index is 0.0384. The first-order valence-electron chi connectivity index (χ1n) is 9.74. The maximum Gasteiger partial charge on any atom is 0.291 e. The van der Waals surface area contributed by atoms with Crippen LogP contribution in [0.2, 0.25) is 0 Å². The molecule has 0 aliphatic carbocycles.